The Kier molecular flexibility index (Phi) is 7.44. The van der Waals surface area contributed by atoms with Crippen molar-refractivity contribution >= 4 is 32.8 Å². The van der Waals surface area contributed by atoms with Crippen LogP contribution < -0.4 is 9.46 Å². The van der Waals surface area contributed by atoms with Gasteiger partial charge in [-0.25, -0.2) is 13.1 Å². The molecule has 0 aliphatic rings. The average molecular weight is 439 g/mol. The van der Waals surface area contributed by atoms with Crippen LogP contribution in [0.1, 0.15) is 11.1 Å². The molecule has 0 bridgehead atoms. The first-order chi connectivity index (χ1) is 14.9. The van der Waals surface area contributed by atoms with Gasteiger partial charge in [-0.05, 0) is 29.0 Å². The van der Waals surface area contributed by atoms with E-state index in [0.29, 0.717) is 12.2 Å². The van der Waals surface area contributed by atoms with Gasteiger partial charge in [0.05, 0.1) is 0 Å². The van der Waals surface area contributed by atoms with Gasteiger partial charge in [0.15, 0.2) is 6.61 Å². The van der Waals surface area contributed by atoms with Gasteiger partial charge in [0, 0.05) is 31.4 Å². The van der Waals surface area contributed by atoms with E-state index in [1.807, 2.05) is 66.7 Å². The fourth-order valence-corrected chi connectivity index (χ4v) is 3.85. The van der Waals surface area contributed by atoms with Gasteiger partial charge in [0.1, 0.15) is 5.75 Å². The van der Waals surface area contributed by atoms with E-state index in [1.54, 1.807) is 20.2 Å². The Bertz CT molecular complexity index is 1170. The number of sulfonamides is 1. The Morgan fingerprint density at radius 1 is 1.00 bits per heavy atom. The molecular weight excluding hydrogens is 412 g/mol. The lowest BCUT2D eigenvalue weighted by Gasteiger charge is -2.16. The number of nitrogens with zero attached hydrogens (tertiary/aromatic N) is 1. The Morgan fingerprint density at radius 3 is 2.45 bits per heavy atom. The number of hydrogen-bond acceptors (Lipinski definition) is 4. The van der Waals surface area contributed by atoms with Gasteiger partial charge in [0.2, 0.25) is 10.0 Å². The predicted molar refractivity (Wildman–Crippen MR) is 124 cm³/mol. The summed E-state index contributed by atoms with van der Waals surface area (Å²) in [5.41, 5.74) is 1.64. The highest BCUT2D eigenvalue weighted by Gasteiger charge is 2.13. The van der Waals surface area contributed by atoms with E-state index >= 15 is 0 Å². The Morgan fingerprint density at radius 2 is 1.71 bits per heavy atom. The molecule has 3 rings (SSSR count). The minimum Gasteiger partial charge on any atom is -0.483 e. The standard InChI is InChI=1S/C24H26N2O4S/c1-26(2)23(27)18-30-24-21(13-12-20-10-6-7-11-22(20)24)14-16-25-31(28,29)17-15-19-8-4-3-5-9-19/h3-13,15,17,25H,14,16,18H2,1-2H3. The van der Waals surface area contributed by atoms with Crippen LogP contribution in [0.4, 0.5) is 0 Å². The quantitative estimate of drug-likeness (QED) is 0.555. The van der Waals surface area contributed by atoms with Gasteiger partial charge in [-0.2, -0.15) is 0 Å². The summed E-state index contributed by atoms with van der Waals surface area (Å²) in [6.45, 7) is 0.122. The molecule has 0 saturated carbocycles. The zero-order chi connectivity index (χ0) is 22.3. The van der Waals surface area contributed by atoms with Crippen LogP contribution in [0, 0.1) is 0 Å². The molecule has 3 aromatic carbocycles. The van der Waals surface area contributed by atoms with Crippen LogP contribution in [-0.4, -0.2) is 46.5 Å². The fourth-order valence-electron chi connectivity index (χ4n) is 3.03. The summed E-state index contributed by atoms with van der Waals surface area (Å²) in [5.74, 6) is 0.456. The maximum atomic E-state index is 12.3. The van der Waals surface area contributed by atoms with Gasteiger partial charge >= 0.3 is 0 Å². The SMILES string of the molecule is CN(C)C(=O)COc1c(CCNS(=O)(=O)C=Cc2ccccc2)ccc2ccccc12. The second-order valence-electron chi connectivity index (χ2n) is 7.25. The number of hydrogen-bond donors (Lipinski definition) is 1. The van der Waals surface area contributed by atoms with Crippen molar-refractivity contribution in [2.45, 2.75) is 6.42 Å². The molecule has 0 saturated heterocycles. The smallest absolute Gasteiger partial charge is 0.259 e. The number of carbonyl (C=O) groups excluding carboxylic acids is 1. The highest BCUT2D eigenvalue weighted by Crippen LogP contribution is 2.30. The van der Waals surface area contributed by atoms with Crippen molar-refractivity contribution in [2.75, 3.05) is 27.2 Å². The number of benzene rings is 3. The van der Waals surface area contributed by atoms with Gasteiger partial charge in [-0.3, -0.25) is 4.79 Å². The molecular formula is C24H26N2O4S. The Labute approximate surface area is 183 Å². The minimum absolute atomic E-state index is 0.0838. The third kappa shape index (κ3) is 6.41. The van der Waals surface area contributed by atoms with Crippen LogP contribution in [-0.2, 0) is 21.2 Å². The molecule has 0 heterocycles. The molecule has 6 nitrogen and oxygen atoms in total. The molecule has 0 fully saturated rings. The molecule has 7 heteroatoms. The monoisotopic (exact) mass is 438 g/mol. The van der Waals surface area contributed by atoms with Gasteiger partial charge in [0.25, 0.3) is 5.91 Å². The van der Waals surface area contributed by atoms with Crippen molar-refractivity contribution < 1.29 is 17.9 Å². The average Bonchev–Trinajstić information content (AvgIpc) is 2.77. The summed E-state index contributed by atoms with van der Waals surface area (Å²) in [7, 11) is -0.226. The largest absolute Gasteiger partial charge is 0.483 e. The van der Waals surface area contributed by atoms with Gasteiger partial charge in [-0.15, -0.1) is 0 Å². The second-order valence-corrected chi connectivity index (χ2v) is 8.91. The molecule has 0 radical (unpaired) electrons. The summed E-state index contributed by atoms with van der Waals surface area (Å²) in [6.07, 6.45) is 1.98. The van der Waals surface area contributed by atoms with E-state index in [2.05, 4.69) is 4.72 Å². The van der Waals surface area contributed by atoms with E-state index in [1.165, 1.54) is 4.90 Å². The number of amides is 1. The summed E-state index contributed by atoms with van der Waals surface area (Å²) in [4.78, 5) is 13.5. The summed E-state index contributed by atoms with van der Waals surface area (Å²) >= 11 is 0. The minimum atomic E-state index is -3.57. The van der Waals surface area contributed by atoms with Crippen LogP contribution >= 0.6 is 0 Å². The van der Waals surface area contributed by atoms with Crippen molar-refractivity contribution in [1.29, 1.82) is 0 Å². The van der Waals surface area contributed by atoms with Gasteiger partial charge < -0.3 is 9.64 Å². The molecule has 0 aromatic heterocycles. The molecule has 0 spiro atoms. The van der Waals surface area contributed by atoms with E-state index in [-0.39, 0.29) is 19.1 Å². The lowest BCUT2D eigenvalue weighted by atomic mass is 10.0. The first-order valence-corrected chi connectivity index (χ1v) is 11.5. The van der Waals surface area contributed by atoms with Crippen LogP contribution in [0.5, 0.6) is 5.75 Å². The van der Waals surface area contributed by atoms with E-state index in [0.717, 1.165) is 27.3 Å². The topological polar surface area (TPSA) is 75.7 Å². The first kappa shape index (κ1) is 22.5. The molecule has 1 amide bonds. The Hall–Kier alpha value is -3.16. The van der Waals surface area contributed by atoms with E-state index in [9.17, 15) is 13.2 Å². The summed E-state index contributed by atoms with van der Waals surface area (Å²) < 4.78 is 33.1. The maximum Gasteiger partial charge on any atom is 0.259 e. The first-order valence-electron chi connectivity index (χ1n) is 9.92. The lowest BCUT2D eigenvalue weighted by Crippen LogP contribution is -2.28. The highest BCUT2D eigenvalue weighted by molar-refractivity contribution is 7.92. The summed E-state index contributed by atoms with van der Waals surface area (Å²) in [5, 5.41) is 3.04. The zero-order valence-corrected chi connectivity index (χ0v) is 18.4. The molecule has 162 valence electrons. The number of likely N-dealkylation sites (N-methyl/N-ethyl adjacent to an activating group) is 1. The fraction of sp³-hybridized carbons (Fsp3) is 0.208. The van der Waals surface area contributed by atoms with Crippen molar-refractivity contribution in [3.8, 4) is 5.75 Å². The number of nitrogens with one attached hydrogen (secondary N) is 1. The molecule has 0 atom stereocenters. The third-order valence-electron chi connectivity index (χ3n) is 4.74. The van der Waals surface area contributed by atoms with Crippen LogP contribution in [0.2, 0.25) is 0 Å². The van der Waals surface area contributed by atoms with E-state index in [4.69, 9.17) is 4.74 Å². The number of rotatable bonds is 9. The number of fused-ring (bicyclic) bond motifs is 1. The number of carbonyl (C=O) groups is 1. The Balaban J connectivity index is 1.72. The predicted octanol–water partition coefficient (Wildman–Crippen LogP) is 3.44. The van der Waals surface area contributed by atoms with Crippen LogP contribution in [0.15, 0.2) is 72.1 Å². The van der Waals surface area contributed by atoms with Crippen LogP contribution in [0.25, 0.3) is 16.8 Å². The van der Waals surface area contributed by atoms with Crippen molar-refractivity contribution in [3.63, 3.8) is 0 Å². The third-order valence-corrected chi connectivity index (χ3v) is 5.84. The lowest BCUT2D eigenvalue weighted by molar-refractivity contribution is -0.130. The second kappa shape index (κ2) is 10.2. The maximum absolute atomic E-state index is 12.3. The van der Waals surface area contributed by atoms with Crippen molar-refractivity contribution in [1.82, 2.24) is 9.62 Å². The van der Waals surface area contributed by atoms with E-state index < -0.39 is 10.0 Å². The summed E-state index contributed by atoms with van der Waals surface area (Å²) in [6, 6.07) is 20.9. The van der Waals surface area contributed by atoms with Gasteiger partial charge in [-0.1, -0.05) is 66.7 Å². The molecule has 0 aliphatic carbocycles. The molecule has 31 heavy (non-hydrogen) atoms. The van der Waals surface area contributed by atoms with Crippen LogP contribution in [0.3, 0.4) is 0 Å². The normalized spacial score (nSPS) is 11.7. The highest BCUT2D eigenvalue weighted by atomic mass is 32.2. The van der Waals surface area contributed by atoms with Crippen molar-refractivity contribution in [2.24, 2.45) is 0 Å². The molecule has 1 N–H and O–H groups in total. The zero-order valence-electron chi connectivity index (χ0n) is 17.6. The molecule has 0 aliphatic heterocycles. The molecule has 3 aromatic rings. The van der Waals surface area contributed by atoms with Crippen molar-refractivity contribution in [3.05, 3.63) is 83.3 Å². The number of ether oxygens (including phenoxy) is 1. The molecule has 0 unspecified atom stereocenters.